The Balaban J connectivity index is 2.38. The molecule has 1 fully saturated rings. The number of carboxylic acid groups (broad SMARTS) is 1. The summed E-state index contributed by atoms with van der Waals surface area (Å²) in [6.07, 6.45) is 7.23. The molecule has 2 atom stereocenters. The van der Waals surface area contributed by atoms with Gasteiger partial charge in [-0.1, -0.05) is 5.57 Å². The standard InChI is InChI=1S/C17H30N2O4/c1-13(12-19-11-7-9-15(19)16(21)22)8-5-6-10-17(3,23-4)18-14(2)20/h12,15H,5-11H2,1-4H3,(H,18,20)(H,21,22)/b13-12-/t15-,17-/m1/s1. The fraction of sp³-hybridized carbons (Fsp3) is 0.765. The lowest BCUT2D eigenvalue weighted by molar-refractivity contribution is -0.141. The van der Waals surface area contributed by atoms with Crippen molar-refractivity contribution in [2.45, 2.75) is 71.1 Å². The van der Waals surface area contributed by atoms with Gasteiger partial charge in [0.2, 0.25) is 5.91 Å². The Kier molecular flexibility index (Phi) is 7.55. The number of aliphatic carboxylic acids is 1. The third-order valence-corrected chi connectivity index (χ3v) is 4.33. The van der Waals surface area contributed by atoms with Gasteiger partial charge in [-0.15, -0.1) is 0 Å². The molecule has 0 aliphatic carbocycles. The summed E-state index contributed by atoms with van der Waals surface area (Å²) < 4.78 is 5.38. The van der Waals surface area contributed by atoms with Crippen molar-refractivity contribution < 1.29 is 19.4 Å². The van der Waals surface area contributed by atoms with Crippen molar-refractivity contribution in [1.82, 2.24) is 10.2 Å². The minimum absolute atomic E-state index is 0.0980. The highest BCUT2D eigenvalue weighted by Crippen LogP contribution is 2.21. The molecule has 1 aliphatic heterocycles. The van der Waals surface area contributed by atoms with E-state index in [9.17, 15) is 14.7 Å². The van der Waals surface area contributed by atoms with E-state index >= 15 is 0 Å². The van der Waals surface area contributed by atoms with Crippen LogP contribution in [0.5, 0.6) is 0 Å². The van der Waals surface area contributed by atoms with Crippen molar-refractivity contribution in [1.29, 1.82) is 0 Å². The molecule has 0 radical (unpaired) electrons. The Labute approximate surface area is 138 Å². The maximum atomic E-state index is 11.2. The van der Waals surface area contributed by atoms with E-state index in [-0.39, 0.29) is 11.9 Å². The molecule has 1 aliphatic rings. The highest BCUT2D eigenvalue weighted by atomic mass is 16.5. The maximum absolute atomic E-state index is 11.2. The molecule has 132 valence electrons. The van der Waals surface area contributed by atoms with Gasteiger partial charge in [0.05, 0.1) is 0 Å². The number of hydrogen-bond donors (Lipinski definition) is 2. The summed E-state index contributed by atoms with van der Waals surface area (Å²) in [5.41, 5.74) is 0.573. The number of carbonyl (C=O) groups excluding carboxylic acids is 1. The fourth-order valence-corrected chi connectivity index (χ4v) is 3.01. The second-order valence-corrected chi connectivity index (χ2v) is 6.53. The summed E-state index contributed by atoms with van der Waals surface area (Å²) in [6, 6.07) is -0.374. The fourth-order valence-electron chi connectivity index (χ4n) is 3.01. The Hall–Kier alpha value is -1.56. The summed E-state index contributed by atoms with van der Waals surface area (Å²) in [4.78, 5) is 24.3. The minimum Gasteiger partial charge on any atom is -0.480 e. The number of carbonyl (C=O) groups is 2. The number of carboxylic acids is 1. The van der Waals surface area contributed by atoms with E-state index in [2.05, 4.69) is 5.32 Å². The molecule has 0 bridgehead atoms. The van der Waals surface area contributed by atoms with Crippen LogP contribution in [0, 0.1) is 0 Å². The third-order valence-electron chi connectivity index (χ3n) is 4.33. The van der Waals surface area contributed by atoms with Crippen molar-refractivity contribution in [3.8, 4) is 0 Å². The van der Waals surface area contributed by atoms with Gasteiger partial charge < -0.3 is 20.1 Å². The lowest BCUT2D eigenvalue weighted by Gasteiger charge is -2.28. The van der Waals surface area contributed by atoms with E-state index in [0.29, 0.717) is 0 Å². The van der Waals surface area contributed by atoms with Gasteiger partial charge in [-0.3, -0.25) is 4.79 Å². The molecule has 1 amide bonds. The van der Waals surface area contributed by atoms with Crippen LogP contribution in [0.4, 0.5) is 0 Å². The van der Waals surface area contributed by atoms with E-state index in [1.807, 2.05) is 24.9 Å². The smallest absolute Gasteiger partial charge is 0.326 e. The Morgan fingerprint density at radius 1 is 1.39 bits per heavy atom. The maximum Gasteiger partial charge on any atom is 0.326 e. The van der Waals surface area contributed by atoms with Gasteiger partial charge in [0, 0.05) is 20.6 Å². The van der Waals surface area contributed by atoms with Gasteiger partial charge in [0.15, 0.2) is 0 Å². The Bertz CT molecular complexity index is 450. The number of unbranched alkanes of at least 4 members (excludes halogenated alkanes) is 1. The first-order chi connectivity index (χ1) is 10.8. The van der Waals surface area contributed by atoms with Crippen molar-refractivity contribution >= 4 is 11.9 Å². The number of allylic oxidation sites excluding steroid dienone is 1. The van der Waals surface area contributed by atoms with Crippen LogP contribution in [0.1, 0.15) is 59.3 Å². The van der Waals surface area contributed by atoms with Gasteiger partial charge >= 0.3 is 5.97 Å². The van der Waals surface area contributed by atoms with E-state index in [1.165, 1.54) is 12.5 Å². The van der Waals surface area contributed by atoms with E-state index in [1.54, 1.807) is 7.11 Å². The monoisotopic (exact) mass is 326 g/mol. The summed E-state index contributed by atoms with van der Waals surface area (Å²) in [5, 5.41) is 12.0. The first-order valence-corrected chi connectivity index (χ1v) is 8.27. The van der Waals surface area contributed by atoms with E-state index in [4.69, 9.17) is 4.74 Å². The van der Waals surface area contributed by atoms with Gasteiger partial charge in [-0.05, 0) is 58.6 Å². The van der Waals surface area contributed by atoms with Crippen LogP contribution in [0.2, 0.25) is 0 Å². The van der Waals surface area contributed by atoms with Crippen LogP contribution in [0.3, 0.4) is 0 Å². The third kappa shape index (κ3) is 6.60. The molecule has 0 unspecified atom stereocenters. The minimum atomic E-state index is -0.738. The van der Waals surface area contributed by atoms with E-state index in [0.717, 1.165) is 45.1 Å². The summed E-state index contributed by atoms with van der Waals surface area (Å²) >= 11 is 0. The molecule has 1 saturated heterocycles. The SMILES string of the molecule is CO[C@](C)(CCCC/C(C)=C\N1CCC[C@@H]1C(=O)O)NC(C)=O. The van der Waals surface area contributed by atoms with Crippen LogP contribution in [-0.2, 0) is 14.3 Å². The number of amides is 1. The van der Waals surface area contributed by atoms with Crippen molar-refractivity contribution in [3.63, 3.8) is 0 Å². The molecule has 1 rings (SSSR count). The molecule has 0 aromatic rings. The topological polar surface area (TPSA) is 78.9 Å². The number of likely N-dealkylation sites (tertiary alicyclic amines) is 1. The average molecular weight is 326 g/mol. The number of hydrogen-bond acceptors (Lipinski definition) is 4. The second-order valence-electron chi connectivity index (χ2n) is 6.53. The predicted octanol–water partition coefficient (Wildman–Crippen LogP) is 2.50. The second kappa shape index (κ2) is 8.91. The quantitative estimate of drug-likeness (QED) is 0.503. The van der Waals surface area contributed by atoms with Crippen LogP contribution < -0.4 is 5.32 Å². The summed E-state index contributed by atoms with van der Waals surface area (Å²) in [6.45, 7) is 6.22. The molecule has 23 heavy (non-hydrogen) atoms. The number of ether oxygens (including phenoxy) is 1. The number of nitrogens with zero attached hydrogens (tertiary/aromatic N) is 1. The van der Waals surface area contributed by atoms with Crippen LogP contribution in [0.15, 0.2) is 11.8 Å². The molecule has 0 saturated carbocycles. The van der Waals surface area contributed by atoms with Crippen molar-refractivity contribution in [2.75, 3.05) is 13.7 Å². The number of methoxy groups -OCH3 is 1. The summed E-state index contributed by atoms with van der Waals surface area (Å²) in [7, 11) is 1.60. The Morgan fingerprint density at radius 3 is 2.65 bits per heavy atom. The Morgan fingerprint density at radius 2 is 2.09 bits per heavy atom. The number of nitrogens with one attached hydrogen (secondary N) is 1. The molecular weight excluding hydrogens is 296 g/mol. The normalized spacial score (nSPS) is 21.1. The van der Waals surface area contributed by atoms with E-state index < -0.39 is 11.7 Å². The zero-order valence-electron chi connectivity index (χ0n) is 14.7. The molecule has 2 N–H and O–H groups in total. The molecule has 0 spiro atoms. The van der Waals surface area contributed by atoms with Crippen LogP contribution in [-0.4, -0.2) is 47.3 Å². The lowest BCUT2D eigenvalue weighted by Crippen LogP contribution is -2.46. The molecule has 1 heterocycles. The van der Waals surface area contributed by atoms with Gasteiger partial charge in [-0.2, -0.15) is 0 Å². The lowest BCUT2D eigenvalue weighted by atomic mass is 10.0. The number of rotatable bonds is 9. The molecule has 0 aromatic carbocycles. The first kappa shape index (κ1) is 19.5. The van der Waals surface area contributed by atoms with Crippen LogP contribution in [0.25, 0.3) is 0 Å². The zero-order chi connectivity index (χ0) is 17.5. The molecular formula is C17H30N2O4. The summed E-state index contributed by atoms with van der Waals surface area (Å²) in [5.74, 6) is -0.836. The zero-order valence-corrected chi connectivity index (χ0v) is 14.7. The first-order valence-electron chi connectivity index (χ1n) is 8.27. The molecule has 6 nitrogen and oxygen atoms in total. The predicted molar refractivity (Wildman–Crippen MR) is 88.8 cm³/mol. The van der Waals surface area contributed by atoms with Gasteiger partial charge in [-0.25, -0.2) is 4.79 Å². The molecule has 0 aromatic heterocycles. The molecule has 6 heteroatoms. The average Bonchev–Trinajstić information content (AvgIpc) is 2.91. The van der Waals surface area contributed by atoms with Crippen LogP contribution >= 0.6 is 0 Å². The largest absolute Gasteiger partial charge is 0.480 e. The highest BCUT2D eigenvalue weighted by Gasteiger charge is 2.28. The van der Waals surface area contributed by atoms with Gasteiger partial charge in [0.1, 0.15) is 11.8 Å². The van der Waals surface area contributed by atoms with Gasteiger partial charge in [0.25, 0.3) is 0 Å². The highest BCUT2D eigenvalue weighted by molar-refractivity contribution is 5.74. The van der Waals surface area contributed by atoms with Crippen molar-refractivity contribution in [3.05, 3.63) is 11.8 Å². The van der Waals surface area contributed by atoms with Crippen molar-refractivity contribution in [2.24, 2.45) is 0 Å².